The lowest BCUT2D eigenvalue weighted by atomic mass is 10.2. The van der Waals surface area contributed by atoms with Crippen LogP contribution in [-0.4, -0.2) is 49.7 Å². The Labute approximate surface area is 205 Å². The van der Waals surface area contributed by atoms with Crippen LogP contribution < -0.4 is 23.7 Å². The van der Waals surface area contributed by atoms with Gasteiger partial charge in [-0.3, -0.25) is 4.72 Å². The SMILES string of the molecule is COc1cc(-c2nc(NS(=O)(=O)c3ncc(C)s3)c(Oc3ccccc3OC)c(OC)n2)ccn1. The number of thiazole rings is 1. The van der Waals surface area contributed by atoms with Crippen molar-refractivity contribution < 1.29 is 27.4 Å². The topological polar surface area (TPSA) is 135 Å². The molecule has 182 valence electrons. The Balaban J connectivity index is 1.88. The molecule has 35 heavy (non-hydrogen) atoms. The first-order valence-electron chi connectivity index (χ1n) is 10.1. The van der Waals surface area contributed by atoms with Crippen LogP contribution in [0.1, 0.15) is 4.88 Å². The fourth-order valence-electron chi connectivity index (χ4n) is 2.96. The van der Waals surface area contributed by atoms with E-state index < -0.39 is 10.0 Å². The Kier molecular flexibility index (Phi) is 6.98. The van der Waals surface area contributed by atoms with Crippen LogP contribution in [0.2, 0.25) is 0 Å². The molecule has 0 amide bonds. The molecule has 0 saturated carbocycles. The molecule has 0 radical (unpaired) electrons. The summed E-state index contributed by atoms with van der Waals surface area (Å²) in [4.78, 5) is 17.7. The van der Waals surface area contributed by atoms with Gasteiger partial charge in [0.25, 0.3) is 15.9 Å². The van der Waals surface area contributed by atoms with Crippen LogP contribution >= 0.6 is 11.3 Å². The summed E-state index contributed by atoms with van der Waals surface area (Å²) in [5.74, 6) is 0.995. The summed E-state index contributed by atoms with van der Waals surface area (Å²) in [5.41, 5.74) is 0.518. The van der Waals surface area contributed by atoms with Gasteiger partial charge in [-0.2, -0.15) is 13.4 Å². The molecular weight excluding hydrogens is 494 g/mol. The first kappa shape index (κ1) is 24.2. The number of pyridine rings is 1. The van der Waals surface area contributed by atoms with E-state index in [4.69, 9.17) is 18.9 Å². The molecule has 0 aliphatic rings. The second-order valence-corrected chi connectivity index (χ2v) is 10.0. The molecule has 1 aromatic carbocycles. The van der Waals surface area contributed by atoms with Gasteiger partial charge in [0.15, 0.2) is 23.1 Å². The van der Waals surface area contributed by atoms with E-state index in [0.29, 0.717) is 22.9 Å². The zero-order valence-corrected chi connectivity index (χ0v) is 20.8. The molecule has 0 saturated heterocycles. The van der Waals surface area contributed by atoms with E-state index in [1.165, 1.54) is 33.7 Å². The Morgan fingerprint density at radius 2 is 1.71 bits per heavy atom. The first-order chi connectivity index (χ1) is 16.8. The minimum atomic E-state index is -4.10. The van der Waals surface area contributed by atoms with Crippen molar-refractivity contribution in [2.24, 2.45) is 0 Å². The van der Waals surface area contributed by atoms with E-state index in [2.05, 4.69) is 24.7 Å². The standard InChI is InChI=1S/C22H21N5O6S2/c1-13-12-24-22(34-13)35(28,29)27-20-18(33-16-8-6-5-7-15(16)30-2)21(32-4)26-19(25-20)14-9-10-23-17(11-14)31-3/h5-12H,1-4H3,(H,25,26,27). The van der Waals surface area contributed by atoms with Gasteiger partial charge in [-0.05, 0) is 25.1 Å². The number of nitrogens with one attached hydrogen (secondary N) is 1. The second-order valence-electron chi connectivity index (χ2n) is 6.92. The van der Waals surface area contributed by atoms with Crippen LogP contribution in [0.5, 0.6) is 29.0 Å². The minimum absolute atomic E-state index is 0.00953. The van der Waals surface area contributed by atoms with Crippen molar-refractivity contribution in [1.82, 2.24) is 19.9 Å². The van der Waals surface area contributed by atoms with Gasteiger partial charge in [-0.25, -0.2) is 15.0 Å². The van der Waals surface area contributed by atoms with Gasteiger partial charge in [0.2, 0.25) is 16.0 Å². The number of nitrogens with zero attached hydrogens (tertiary/aromatic N) is 4. The number of para-hydroxylation sites is 2. The predicted octanol–water partition coefficient (Wildman–Crippen LogP) is 3.92. The van der Waals surface area contributed by atoms with Crippen molar-refractivity contribution in [3.05, 3.63) is 53.7 Å². The predicted molar refractivity (Wildman–Crippen MR) is 129 cm³/mol. The molecule has 0 unspecified atom stereocenters. The lowest BCUT2D eigenvalue weighted by Crippen LogP contribution is -2.15. The number of hydrogen-bond acceptors (Lipinski definition) is 11. The summed E-state index contributed by atoms with van der Waals surface area (Å²) in [6.45, 7) is 1.76. The Hall–Kier alpha value is -3.97. The van der Waals surface area contributed by atoms with E-state index in [1.54, 1.807) is 43.3 Å². The summed E-state index contributed by atoms with van der Waals surface area (Å²) < 4.78 is 50.6. The molecule has 0 atom stereocenters. The zero-order chi connectivity index (χ0) is 25.0. The lowest BCUT2D eigenvalue weighted by molar-refractivity contribution is 0.348. The van der Waals surface area contributed by atoms with Crippen LogP contribution in [-0.2, 0) is 10.0 Å². The second kappa shape index (κ2) is 10.1. The van der Waals surface area contributed by atoms with Crippen molar-refractivity contribution in [1.29, 1.82) is 0 Å². The maximum absolute atomic E-state index is 13.1. The molecule has 0 bridgehead atoms. The lowest BCUT2D eigenvalue weighted by Gasteiger charge is -2.17. The fourth-order valence-corrected chi connectivity index (χ4v) is 5.08. The maximum atomic E-state index is 13.1. The minimum Gasteiger partial charge on any atom is -0.493 e. The van der Waals surface area contributed by atoms with Crippen molar-refractivity contribution >= 4 is 27.2 Å². The highest BCUT2D eigenvalue weighted by Gasteiger charge is 2.26. The van der Waals surface area contributed by atoms with Crippen LogP contribution in [0, 0.1) is 6.92 Å². The molecule has 0 spiro atoms. The molecule has 3 aromatic heterocycles. The molecule has 4 rings (SSSR count). The number of hydrogen-bond donors (Lipinski definition) is 1. The molecule has 11 nitrogen and oxygen atoms in total. The summed E-state index contributed by atoms with van der Waals surface area (Å²) >= 11 is 1.02. The number of sulfonamides is 1. The Morgan fingerprint density at radius 3 is 2.37 bits per heavy atom. The van der Waals surface area contributed by atoms with Gasteiger partial charge in [-0.15, -0.1) is 11.3 Å². The monoisotopic (exact) mass is 515 g/mol. The summed E-state index contributed by atoms with van der Waals surface area (Å²) in [6.07, 6.45) is 2.99. The average molecular weight is 516 g/mol. The van der Waals surface area contributed by atoms with Crippen LogP contribution in [0.4, 0.5) is 5.82 Å². The van der Waals surface area contributed by atoms with Crippen LogP contribution in [0.15, 0.2) is 53.1 Å². The van der Waals surface area contributed by atoms with Crippen molar-refractivity contribution in [3.8, 4) is 40.4 Å². The molecule has 1 N–H and O–H groups in total. The molecule has 0 aliphatic carbocycles. The number of ether oxygens (including phenoxy) is 4. The highest BCUT2D eigenvalue weighted by Crippen LogP contribution is 2.41. The van der Waals surface area contributed by atoms with Crippen LogP contribution in [0.25, 0.3) is 11.4 Å². The van der Waals surface area contributed by atoms with Crippen molar-refractivity contribution in [2.75, 3.05) is 26.1 Å². The number of aromatic nitrogens is 4. The van der Waals surface area contributed by atoms with Crippen molar-refractivity contribution in [3.63, 3.8) is 0 Å². The number of rotatable bonds is 9. The van der Waals surface area contributed by atoms with Gasteiger partial charge >= 0.3 is 0 Å². The quantitative estimate of drug-likeness (QED) is 0.349. The molecular formula is C22H21N5O6S2. The first-order valence-corrected chi connectivity index (χ1v) is 12.4. The number of anilines is 1. The third kappa shape index (κ3) is 5.25. The zero-order valence-electron chi connectivity index (χ0n) is 19.2. The van der Waals surface area contributed by atoms with Gasteiger partial charge in [0.1, 0.15) is 0 Å². The van der Waals surface area contributed by atoms with Gasteiger partial charge in [0.05, 0.1) is 21.3 Å². The van der Waals surface area contributed by atoms with E-state index in [0.717, 1.165) is 16.2 Å². The van der Waals surface area contributed by atoms with Gasteiger partial charge in [0, 0.05) is 28.9 Å². The van der Waals surface area contributed by atoms with E-state index in [-0.39, 0.29) is 27.6 Å². The highest BCUT2D eigenvalue weighted by molar-refractivity contribution is 7.94. The number of benzene rings is 1. The normalized spacial score (nSPS) is 11.1. The largest absolute Gasteiger partial charge is 0.493 e. The summed E-state index contributed by atoms with van der Waals surface area (Å²) in [6, 6.07) is 10.1. The Bertz CT molecular complexity index is 1460. The van der Waals surface area contributed by atoms with Crippen molar-refractivity contribution in [2.45, 2.75) is 11.3 Å². The summed E-state index contributed by atoms with van der Waals surface area (Å²) in [7, 11) is 0.259. The average Bonchev–Trinajstić information content (AvgIpc) is 3.32. The third-order valence-corrected chi connectivity index (χ3v) is 7.22. The molecule has 13 heteroatoms. The fraction of sp³-hybridized carbons (Fsp3) is 0.182. The highest BCUT2D eigenvalue weighted by atomic mass is 32.2. The Morgan fingerprint density at radius 1 is 0.943 bits per heavy atom. The number of methoxy groups -OCH3 is 3. The van der Waals surface area contributed by atoms with Crippen LogP contribution in [0.3, 0.4) is 0 Å². The molecule has 4 aromatic rings. The number of aryl methyl sites for hydroxylation is 1. The molecule has 0 aliphatic heterocycles. The van der Waals surface area contributed by atoms with Gasteiger partial charge in [-0.1, -0.05) is 12.1 Å². The van der Waals surface area contributed by atoms with E-state index in [9.17, 15) is 8.42 Å². The van der Waals surface area contributed by atoms with Gasteiger partial charge < -0.3 is 18.9 Å². The summed E-state index contributed by atoms with van der Waals surface area (Å²) in [5, 5.41) is 0. The molecule has 0 fully saturated rings. The van der Waals surface area contributed by atoms with E-state index in [1.807, 2.05) is 0 Å². The maximum Gasteiger partial charge on any atom is 0.290 e. The molecule has 3 heterocycles. The smallest absolute Gasteiger partial charge is 0.290 e. The third-order valence-electron chi connectivity index (χ3n) is 4.57. The van der Waals surface area contributed by atoms with E-state index >= 15 is 0 Å².